The van der Waals surface area contributed by atoms with Crippen molar-refractivity contribution in [2.75, 3.05) is 13.2 Å². The third-order valence-corrected chi connectivity index (χ3v) is 5.97. The van der Waals surface area contributed by atoms with Gasteiger partial charge < -0.3 is 9.74 Å². The number of piperidine rings is 1. The first-order chi connectivity index (χ1) is 13.5. The summed E-state index contributed by atoms with van der Waals surface area (Å²) in [6.07, 6.45) is 7.51. The first kappa shape index (κ1) is 18.9. The van der Waals surface area contributed by atoms with Gasteiger partial charge in [-0.2, -0.15) is 5.06 Å². The molecule has 0 N–H and O–H groups in total. The van der Waals surface area contributed by atoms with Crippen LogP contribution in [0.15, 0.2) is 12.2 Å². The molecule has 152 valence electrons. The van der Waals surface area contributed by atoms with E-state index < -0.39 is 35.7 Å². The summed E-state index contributed by atoms with van der Waals surface area (Å²) >= 11 is 0. The standard InChI is InChI=1S/C19H25N3O6/c1-2-3-10-27-21-12-8-9-15(20(11-12)19(21)26)18(25)28-22-16(23)13-6-4-5-7-14(13)17(22)24/h4-5,12-15H,2-3,6-11H2,1H3/t12-,13?,14?,15-/m0/s1. The molecule has 9 nitrogen and oxygen atoms in total. The summed E-state index contributed by atoms with van der Waals surface area (Å²) in [6.45, 7) is 2.87. The van der Waals surface area contributed by atoms with Gasteiger partial charge in [0.25, 0.3) is 11.8 Å². The maximum Gasteiger partial charge on any atom is 0.355 e. The van der Waals surface area contributed by atoms with Crippen LogP contribution in [0.4, 0.5) is 4.79 Å². The Bertz CT molecular complexity index is 696. The molecular formula is C19H25N3O6. The minimum atomic E-state index is -0.815. The largest absolute Gasteiger partial charge is 0.355 e. The quantitative estimate of drug-likeness (QED) is 0.386. The molecule has 28 heavy (non-hydrogen) atoms. The lowest BCUT2D eigenvalue weighted by molar-refractivity contribution is -0.202. The van der Waals surface area contributed by atoms with Crippen molar-refractivity contribution < 1.29 is 28.9 Å². The van der Waals surface area contributed by atoms with Gasteiger partial charge in [-0.15, -0.1) is 5.06 Å². The van der Waals surface area contributed by atoms with Crippen molar-refractivity contribution in [1.82, 2.24) is 15.0 Å². The Hall–Kier alpha value is -2.42. The number of amides is 4. The predicted molar refractivity (Wildman–Crippen MR) is 94.9 cm³/mol. The Kier molecular flexibility index (Phi) is 5.09. The van der Waals surface area contributed by atoms with Crippen molar-refractivity contribution in [1.29, 1.82) is 0 Å². The van der Waals surface area contributed by atoms with E-state index in [0.717, 1.165) is 12.8 Å². The number of nitrogens with zero attached hydrogens (tertiary/aromatic N) is 3. The smallest absolute Gasteiger partial charge is 0.328 e. The van der Waals surface area contributed by atoms with Crippen molar-refractivity contribution in [2.45, 2.75) is 57.5 Å². The zero-order valence-electron chi connectivity index (χ0n) is 15.9. The Morgan fingerprint density at radius 3 is 2.43 bits per heavy atom. The molecule has 3 saturated heterocycles. The third kappa shape index (κ3) is 3.07. The number of carbonyl (C=O) groups excluding carboxylic acids is 4. The molecule has 4 atom stereocenters. The molecule has 3 aliphatic heterocycles. The van der Waals surface area contributed by atoms with Gasteiger partial charge in [0.1, 0.15) is 6.04 Å². The number of rotatable bonds is 6. The summed E-state index contributed by atoms with van der Waals surface area (Å²) < 4.78 is 0. The van der Waals surface area contributed by atoms with Gasteiger partial charge in [-0.1, -0.05) is 25.5 Å². The molecule has 0 aromatic heterocycles. The highest BCUT2D eigenvalue weighted by Crippen LogP contribution is 2.36. The molecule has 4 rings (SSSR count). The molecule has 0 saturated carbocycles. The highest BCUT2D eigenvalue weighted by Gasteiger charge is 2.52. The van der Waals surface area contributed by atoms with E-state index in [1.54, 1.807) is 0 Å². The second-order valence-corrected chi connectivity index (χ2v) is 7.73. The Morgan fingerprint density at radius 2 is 1.79 bits per heavy atom. The SMILES string of the molecule is CCCCON1C(=O)N2C[C@@H]1CC[C@H]2C(=O)ON1C(=O)C2CC=CCC2C1=O. The summed E-state index contributed by atoms with van der Waals surface area (Å²) in [4.78, 5) is 62.5. The van der Waals surface area contributed by atoms with Crippen molar-refractivity contribution >= 4 is 23.8 Å². The fraction of sp³-hybridized carbons (Fsp3) is 0.684. The van der Waals surface area contributed by atoms with Crippen LogP contribution in [0.3, 0.4) is 0 Å². The summed E-state index contributed by atoms with van der Waals surface area (Å²) in [5.74, 6) is -2.61. The minimum Gasteiger partial charge on any atom is -0.328 e. The summed E-state index contributed by atoms with van der Waals surface area (Å²) in [5, 5.41) is 1.97. The van der Waals surface area contributed by atoms with E-state index in [1.807, 2.05) is 19.1 Å². The molecule has 3 fully saturated rings. The average Bonchev–Trinajstić information content (AvgIpc) is 3.09. The van der Waals surface area contributed by atoms with Crippen LogP contribution in [-0.4, -0.2) is 64.1 Å². The van der Waals surface area contributed by atoms with Crippen LogP contribution in [0.2, 0.25) is 0 Å². The van der Waals surface area contributed by atoms with Crippen molar-refractivity contribution in [3.63, 3.8) is 0 Å². The van der Waals surface area contributed by atoms with E-state index in [9.17, 15) is 19.2 Å². The van der Waals surface area contributed by atoms with Crippen molar-refractivity contribution in [2.24, 2.45) is 11.8 Å². The van der Waals surface area contributed by atoms with Crippen LogP contribution < -0.4 is 0 Å². The normalized spacial score (nSPS) is 31.6. The van der Waals surface area contributed by atoms with E-state index in [-0.39, 0.29) is 12.1 Å². The molecule has 0 aromatic rings. The molecule has 2 bridgehead atoms. The molecular weight excluding hydrogens is 366 g/mol. The highest BCUT2D eigenvalue weighted by atomic mass is 16.7. The number of fused-ring (bicyclic) bond motifs is 3. The monoisotopic (exact) mass is 391 g/mol. The van der Waals surface area contributed by atoms with Gasteiger partial charge in [-0.05, 0) is 32.1 Å². The van der Waals surface area contributed by atoms with Gasteiger partial charge >= 0.3 is 12.0 Å². The molecule has 1 aliphatic carbocycles. The molecule has 2 unspecified atom stereocenters. The fourth-order valence-electron chi connectivity index (χ4n) is 4.36. The van der Waals surface area contributed by atoms with E-state index >= 15 is 0 Å². The maximum absolute atomic E-state index is 12.7. The Balaban J connectivity index is 1.40. The lowest BCUT2D eigenvalue weighted by Crippen LogP contribution is -2.48. The third-order valence-electron chi connectivity index (χ3n) is 5.97. The first-order valence-electron chi connectivity index (χ1n) is 10.00. The summed E-state index contributed by atoms with van der Waals surface area (Å²) in [5.41, 5.74) is 0. The van der Waals surface area contributed by atoms with Gasteiger partial charge in [0.2, 0.25) is 0 Å². The molecule has 4 aliphatic rings. The van der Waals surface area contributed by atoms with Crippen LogP contribution in [0.25, 0.3) is 0 Å². The topological polar surface area (TPSA) is 96.5 Å². The van der Waals surface area contributed by atoms with E-state index in [4.69, 9.17) is 9.68 Å². The number of urea groups is 1. The predicted octanol–water partition coefficient (Wildman–Crippen LogP) is 1.40. The molecule has 9 heteroatoms. The second kappa shape index (κ2) is 7.54. The molecule has 4 amide bonds. The Morgan fingerprint density at radius 1 is 1.11 bits per heavy atom. The Labute approximate surface area is 163 Å². The van der Waals surface area contributed by atoms with Crippen molar-refractivity contribution in [3.8, 4) is 0 Å². The molecule has 0 radical (unpaired) electrons. The molecule has 0 spiro atoms. The lowest BCUT2D eigenvalue weighted by atomic mass is 9.85. The number of unbranched alkanes of at least 4 members (excludes halogenated alkanes) is 1. The zero-order chi connectivity index (χ0) is 19.8. The zero-order valence-corrected chi connectivity index (χ0v) is 15.9. The fourth-order valence-corrected chi connectivity index (χ4v) is 4.36. The summed E-state index contributed by atoms with van der Waals surface area (Å²) in [6, 6.07) is -1.26. The van der Waals surface area contributed by atoms with E-state index in [1.165, 1.54) is 9.96 Å². The minimum absolute atomic E-state index is 0.0857. The van der Waals surface area contributed by atoms with Crippen molar-refractivity contribution in [3.05, 3.63) is 12.2 Å². The van der Waals surface area contributed by atoms with E-state index in [2.05, 4.69) is 0 Å². The number of imide groups is 1. The first-order valence-corrected chi connectivity index (χ1v) is 10.00. The average molecular weight is 391 g/mol. The number of allylic oxidation sites excluding steroid dienone is 2. The number of hydroxylamine groups is 4. The van der Waals surface area contributed by atoms with Gasteiger partial charge in [0.05, 0.1) is 24.5 Å². The van der Waals surface area contributed by atoms with Gasteiger partial charge in [0.15, 0.2) is 0 Å². The van der Waals surface area contributed by atoms with E-state index in [0.29, 0.717) is 43.9 Å². The van der Waals surface area contributed by atoms with Crippen LogP contribution in [-0.2, 0) is 24.1 Å². The number of hydrogen-bond donors (Lipinski definition) is 0. The van der Waals surface area contributed by atoms with Crippen LogP contribution >= 0.6 is 0 Å². The van der Waals surface area contributed by atoms with Gasteiger partial charge in [-0.25, -0.2) is 9.59 Å². The molecule has 3 heterocycles. The molecule has 0 aromatic carbocycles. The number of carbonyl (C=O) groups is 4. The highest BCUT2D eigenvalue weighted by molar-refractivity contribution is 6.05. The second-order valence-electron chi connectivity index (χ2n) is 7.73. The van der Waals surface area contributed by atoms with Crippen LogP contribution in [0, 0.1) is 11.8 Å². The number of hydrogen-bond acceptors (Lipinski definition) is 6. The van der Waals surface area contributed by atoms with Gasteiger partial charge in [0, 0.05) is 6.54 Å². The van der Waals surface area contributed by atoms with Gasteiger partial charge in [-0.3, -0.25) is 14.4 Å². The van der Waals surface area contributed by atoms with Crippen LogP contribution in [0.5, 0.6) is 0 Å². The van der Waals surface area contributed by atoms with Crippen LogP contribution in [0.1, 0.15) is 45.4 Å². The lowest BCUT2D eigenvalue weighted by Gasteiger charge is -2.29. The maximum atomic E-state index is 12.7. The summed E-state index contributed by atoms with van der Waals surface area (Å²) in [7, 11) is 0.